The second-order valence-corrected chi connectivity index (χ2v) is 7.24. The zero-order valence-corrected chi connectivity index (χ0v) is 15.5. The van der Waals surface area contributed by atoms with Crippen LogP contribution in [-0.4, -0.2) is 39.9 Å². The number of H-pyrrole nitrogens is 1. The second kappa shape index (κ2) is 6.91. The van der Waals surface area contributed by atoms with Gasteiger partial charge in [-0.1, -0.05) is 11.6 Å². The van der Waals surface area contributed by atoms with Crippen molar-refractivity contribution in [1.29, 1.82) is 0 Å². The van der Waals surface area contributed by atoms with Gasteiger partial charge in [0.1, 0.15) is 16.5 Å². The molecule has 3 rings (SSSR count). The van der Waals surface area contributed by atoms with Crippen molar-refractivity contribution < 1.29 is 4.79 Å². The molecule has 3 aromatic heterocycles. The number of nitrogens with zero attached hydrogens (tertiary/aromatic N) is 3. The molecule has 25 heavy (non-hydrogen) atoms. The third-order valence-electron chi connectivity index (χ3n) is 3.49. The Morgan fingerprint density at radius 1 is 1.40 bits per heavy atom. The molecule has 0 aliphatic carbocycles. The van der Waals surface area contributed by atoms with Crippen LogP contribution in [0.2, 0.25) is 5.02 Å². The van der Waals surface area contributed by atoms with Crippen LogP contribution in [-0.2, 0) is 6.54 Å². The lowest BCUT2D eigenvalue weighted by atomic mass is 10.2. The molecule has 3 heterocycles. The summed E-state index contributed by atoms with van der Waals surface area (Å²) in [6, 6.07) is 3.25. The largest absolute Gasteiger partial charge is 0.309 e. The van der Waals surface area contributed by atoms with Crippen LogP contribution in [0.5, 0.6) is 0 Å². The van der Waals surface area contributed by atoms with Crippen LogP contribution in [0.3, 0.4) is 0 Å². The highest BCUT2D eigenvalue weighted by Crippen LogP contribution is 2.27. The third-order valence-corrected chi connectivity index (χ3v) is 4.90. The molecule has 0 unspecified atom stereocenters. The molecule has 1 amide bonds. The van der Waals surface area contributed by atoms with Crippen LogP contribution in [0, 0.1) is 6.92 Å². The monoisotopic (exact) mass is 377 g/mol. The second-order valence-electron chi connectivity index (χ2n) is 5.80. The lowest BCUT2D eigenvalue weighted by molar-refractivity contribution is 0.102. The normalized spacial score (nSPS) is 11.2. The van der Waals surface area contributed by atoms with Crippen molar-refractivity contribution in [2.45, 2.75) is 13.5 Å². The standard InChI is InChI=1S/C16H16ClN5O2S/c1-8-12-14(23)20-11(7-22(2)3)21-16(12)25-13(8)15(24)19-10-5-4-9(17)6-18-10/h4-6H,7H2,1-3H3,(H,18,19,24)(H,20,21,23). The smallest absolute Gasteiger partial charge is 0.267 e. The zero-order valence-electron chi connectivity index (χ0n) is 13.9. The zero-order chi connectivity index (χ0) is 18.1. The van der Waals surface area contributed by atoms with Gasteiger partial charge in [0, 0.05) is 6.20 Å². The number of fused-ring (bicyclic) bond motifs is 1. The van der Waals surface area contributed by atoms with Gasteiger partial charge in [-0.3, -0.25) is 9.59 Å². The molecule has 7 nitrogen and oxygen atoms in total. The number of anilines is 1. The van der Waals surface area contributed by atoms with E-state index >= 15 is 0 Å². The van der Waals surface area contributed by atoms with Gasteiger partial charge >= 0.3 is 0 Å². The summed E-state index contributed by atoms with van der Waals surface area (Å²) in [6.45, 7) is 2.25. The summed E-state index contributed by atoms with van der Waals surface area (Å²) in [5.74, 6) is 0.625. The number of nitrogens with one attached hydrogen (secondary N) is 2. The number of halogens is 1. The van der Waals surface area contributed by atoms with Crippen molar-refractivity contribution in [3.8, 4) is 0 Å². The number of pyridine rings is 1. The van der Waals surface area contributed by atoms with Gasteiger partial charge in [0.15, 0.2) is 0 Å². The molecule has 3 aromatic rings. The first-order valence-corrected chi connectivity index (χ1v) is 8.64. The third kappa shape index (κ3) is 3.71. The highest BCUT2D eigenvalue weighted by atomic mass is 35.5. The lowest BCUT2D eigenvalue weighted by Gasteiger charge is -2.07. The van der Waals surface area contributed by atoms with Gasteiger partial charge in [-0.2, -0.15) is 0 Å². The van der Waals surface area contributed by atoms with Crippen LogP contribution < -0.4 is 10.9 Å². The van der Waals surface area contributed by atoms with Gasteiger partial charge in [-0.25, -0.2) is 9.97 Å². The van der Waals surface area contributed by atoms with E-state index in [-0.39, 0.29) is 11.5 Å². The molecule has 0 aliphatic rings. The Bertz CT molecular complexity index is 994. The number of amides is 1. The average Bonchev–Trinajstić information content (AvgIpc) is 2.86. The van der Waals surface area contributed by atoms with Gasteiger partial charge in [0.25, 0.3) is 11.5 Å². The minimum Gasteiger partial charge on any atom is -0.309 e. The van der Waals surface area contributed by atoms with Gasteiger partial charge in [-0.05, 0) is 38.7 Å². The molecule has 130 valence electrons. The fourth-order valence-electron chi connectivity index (χ4n) is 2.40. The van der Waals surface area contributed by atoms with Crippen LogP contribution >= 0.6 is 22.9 Å². The van der Waals surface area contributed by atoms with E-state index in [9.17, 15) is 9.59 Å². The maximum absolute atomic E-state index is 12.5. The van der Waals surface area contributed by atoms with Crippen molar-refractivity contribution in [3.05, 3.63) is 50.0 Å². The van der Waals surface area contributed by atoms with Crippen LogP contribution in [0.1, 0.15) is 21.1 Å². The first-order chi connectivity index (χ1) is 11.8. The summed E-state index contributed by atoms with van der Waals surface area (Å²) < 4.78 is 0. The predicted molar refractivity (Wildman–Crippen MR) is 99.6 cm³/mol. The fraction of sp³-hybridized carbons (Fsp3) is 0.250. The lowest BCUT2D eigenvalue weighted by Crippen LogP contribution is -2.18. The number of carbonyl (C=O) groups is 1. The van der Waals surface area contributed by atoms with Crippen molar-refractivity contribution in [3.63, 3.8) is 0 Å². The summed E-state index contributed by atoms with van der Waals surface area (Å²) in [6.07, 6.45) is 1.45. The Kier molecular flexibility index (Phi) is 4.85. The van der Waals surface area contributed by atoms with Gasteiger partial charge in [0.2, 0.25) is 0 Å². The van der Waals surface area contributed by atoms with Crippen molar-refractivity contribution in [2.24, 2.45) is 0 Å². The molecular weight excluding hydrogens is 362 g/mol. The highest BCUT2D eigenvalue weighted by molar-refractivity contribution is 7.20. The van der Waals surface area contributed by atoms with E-state index in [1.807, 2.05) is 19.0 Å². The predicted octanol–water partition coefficient (Wildman–Crippen LogP) is 2.66. The summed E-state index contributed by atoms with van der Waals surface area (Å²) >= 11 is 6.98. The molecule has 9 heteroatoms. The maximum atomic E-state index is 12.5. The highest BCUT2D eigenvalue weighted by Gasteiger charge is 2.19. The Hall–Kier alpha value is -2.29. The first kappa shape index (κ1) is 17.5. The number of carbonyl (C=O) groups excluding carboxylic acids is 1. The molecule has 0 saturated carbocycles. The fourth-order valence-corrected chi connectivity index (χ4v) is 3.61. The minimum absolute atomic E-state index is 0.237. The molecule has 2 N–H and O–H groups in total. The van der Waals surface area contributed by atoms with E-state index in [4.69, 9.17) is 11.6 Å². The summed E-state index contributed by atoms with van der Waals surface area (Å²) in [5.41, 5.74) is 0.371. The van der Waals surface area contributed by atoms with Crippen LogP contribution in [0.25, 0.3) is 10.2 Å². The van der Waals surface area contributed by atoms with Crippen LogP contribution in [0.15, 0.2) is 23.1 Å². The van der Waals surface area contributed by atoms with Crippen molar-refractivity contribution in [1.82, 2.24) is 19.9 Å². The quantitative estimate of drug-likeness (QED) is 0.729. The Labute approximate surface area is 152 Å². The molecule has 0 spiro atoms. The minimum atomic E-state index is -0.330. The molecular formula is C16H16ClN5O2S. The molecule has 0 saturated heterocycles. The first-order valence-electron chi connectivity index (χ1n) is 7.45. The van der Waals surface area contributed by atoms with Gasteiger partial charge < -0.3 is 15.2 Å². The van der Waals surface area contributed by atoms with E-state index in [0.717, 1.165) is 0 Å². The van der Waals surface area contributed by atoms with Crippen molar-refractivity contribution >= 4 is 44.9 Å². The van der Waals surface area contributed by atoms with E-state index in [2.05, 4.69) is 20.3 Å². The molecule has 0 radical (unpaired) electrons. The Morgan fingerprint density at radius 3 is 2.80 bits per heavy atom. The number of hydrogen-bond acceptors (Lipinski definition) is 6. The molecule has 0 fully saturated rings. The number of aromatic nitrogens is 3. The van der Waals surface area contributed by atoms with Gasteiger partial charge in [-0.15, -0.1) is 11.3 Å². The molecule has 0 bridgehead atoms. The van der Waals surface area contributed by atoms with E-state index in [0.29, 0.717) is 43.9 Å². The van der Waals surface area contributed by atoms with Crippen LogP contribution in [0.4, 0.5) is 5.82 Å². The van der Waals surface area contributed by atoms with Gasteiger partial charge in [0.05, 0.1) is 21.8 Å². The van der Waals surface area contributed by atoms with E-state index < -0.39 is 0 Å². The van der Waals surface area contributed by atoms with E-state index in [1.54, 1.807) is 19.1 Å². The topological polar surface area (TPSA) is 91.0 Å². The van der Waals surface area contributed by atoms with Crippen molar-refractivity contribution in [2.75, 3.05) is 19.4 Å². The summed E-state index contributed by atoms with van der Waals surface area (Å²) in [4.78, 5) is 39.1. The Morgan fingerprint density at radius 2 is 2.16 bits per heavy atom. The number of thiophene rings is 1. The summed E-state index contributed by atoms with van der Waals surface area (Å²) in [5, 5.41) is 3.64. The number of aromatic amines is 1. The number of rotatable bonds is 4. The number of hydrogen-bond donors (Lipinski definition) is 2. The molecule has 0 aliphatic heterocycles. The molecule has 0 aromatic carbocycles. The van der Waals surface area contributed by atoms with E-state index in [1.165, 1.54) is 17.5 Å². The maximum Gasteiger partial charge on any atom is 0.267 e. The summed E-state index contributed by atoms with van der Waals surface area (Å²) in [7, 11) is 3.78. The number of aryl methyl sites for hydroxylation is 1. The SMILES string of the molecule is Cc1c(C(=O)Nc2ccc(Cl)cn2)sc2nc(CN(C)C)[nH]c(=O)c12. The Balaban J connectivity index is 1.97. The molecule has 0 atom stereocenters. The average molecular weight is 378 g/mol.